The van der Waals surface area contributed by atoms with Crippen LogP contribution in [0.25, 0.3) is 16.8 Å². The summed E-state index contributed by atoms with van der Waals surface area (Å²) in [4.78, 5) is 11.9. The third kappa shape index (κ3) is 5.29. The predicted octanol–water partition coefficient (Wildman–Crippen LogP) is 4.79. The Balaban J connectivity index is 1.49. The van der Waals surface area contributed by atoms with Crippen molar-refractivity contribution in [3.63, 3.8) is 0 Å². The molecule has 4 nitrogen and oxygen atoms in total. The van der Waals surface area contributed by atoms with Crippen LogP contribution < -0.4 is 10.7 Å². The maximum absolute atomic E-state index is 11.9. The Bertz CT molecular complexity index is 952. The van der Waals surface area contributed by atoms with E-state index in [0.717, 1.165) is 21.1 Å². The molecule has 0 atom stereocenters. The standard InChI is InChI=1S/C21H18BrN3O/c22-19(12-16-6-2-1-3-7-16)14-24-25-21(26)15-23-20-11-10-17-8-4-5-9-18(17)13-20/h1-14,23H,15H2,(H,25,26)/b19-12-,24-14-. The Morgan fingerprint density at radius 2 is 1.69 bits per heavy atom. The van der Waals surface area contributed by atoms with Crippen LogP contribution in [0.4, 0.5) is 5.69 Å². The number of nitrogens with zero attached hydrogens (tertiary/aromatic N) is 1. The van der Waals surface area contributed by atoms with E-state index in [0.29, 0.717) is 0 Å². The van der Waals surface area contributed by atoms with Crippen LogP contribution in [0.2, 0.25) is 0 Å². The number of benzene rings is 3. The molecule has 0 unspecified atom stereocenters. The van der Waals surface area contributed by atoms with Crippen molar-refractivity contribution in [1.29, 1.82) is 0 Å². The summed E-state index contributed by atoms with van der Waals surface area (Å²) in [5.74, 6) is -0.214. The average molecular weight is 408 g/mol. The SMILES string of the molecule is O=C(CNc1ccc2ccccc2c1)N/N=C\C(Br)=C\c1ccccc1. The third-order valence-corrected chi connectivity index (χ3v) is 4.12. The van der Waals surface area contributed by atoms with E-state index in [9.17, 15) is 4.79 Å². The van der Waals surface area contributed by atoms with Gasteiger partial charge in [-0.3, -0.25) is 4.79 Å². The lowest BCUT2D eigenvalue weighted by Crippen LogP contribution is -2.25. The zero-order valence-electron chi connectivity index (χ0n) is 14.0. The van der Waals surface area contributed by atoms with Gasteiger partial charge in [0.1, 0.15) is 0 Å². The average Bonchev–Trinajstić information content (AvgIpc) is 2.67. The van der Waals surface area contributed by atoms with Gasteiger partial charge in [-0.25, -0.2) is 5.43 Å². The molecule has 0 heterocycles. The molecule has 3 rings (SSSR count). The smallest absolute Gasteiger partial charge is 0.259 e. The Morgan fingerprint density at radius 3 is 2.50 bits per heavy atom. The van der Waals surface area contributed by atoms with E-state index >= 15 is 0 Å². The molecule has 3 aromatic carbocycles. The molecule has 0 bridgehead atoms. The largest absolute Gasteiger partial charge is 0.376 e. The van der Waals surface area contributed by atoms with Crippen LogP contribution in [-0.4, -0.2) is 18.7 Å². The summed E-state index contributed by atoms with van der Waals surface area (Å²) in [5, 5.41) is 9.35. The quantitative estimate of drug-likeness (QED) is 0.455. The summed E-state index contributed by atoms with van der Waals surface area (Å²) < 4.78 is 0.770. The van der Waals surface area contributed by atoms with E-state index in [4.69, 9.17) is 0 Å². The summed E-state index contributed by atoms with van der Waals surface area (Å²) in [5.41, 5.74) is 4.45. The Morgan fingerprint density at radius 1 is 0.962 bits per heavy atom. The maximum atomic E-state index is 11.9. The van der Waals surface area contributed by atoms with Gasteiger partial charge < -0.3 is 5.32 Å². The molecular weight excluding hydrogens is 390 g/mol. The summed E-state index contributed by atoms with van der Waals surface area (Å²) in [7, 11) is 0. The zero-order chi connectivity index (χ0) is 18.2. The highest BCUT2D eigenvalue weighted by Crippen LogP contribution is 2.18. The molecule has 0 aliphatic rings. The number of carbonyl (C=O) groups excluding carboxylic acids is 1. The van der Waals surface area contributed by atoms with Crippen LogP contribution in [0.15, 0.2) is 82.4 Å². The van der Waals surface area contributed by atoms with Crippen LogP contribution in [0.3, 0.4) is 0 Å². The Hall–Kier alpha value is -2.92. The van der Waals surface area contributed by atoms with E-state index in [1.165, 1.54) is 5.39 Å². The number of halogens is 1. The molecule has 1 amide bonds. The van der Waals surface area contributed by atoms with Gasteiger partial charge in [0, 0.05) is 10.2 Å². The van der Waals surface area contributed by atoms with Gasteiger partial charge in [-0.1, -0.05) is 60.7 Å². The van der Waals surface area contributed by atoms with Gasteiger partial charge in [0.2, 0.25) is 0 Å². The number of nitrogens with one attached hydrogen (secondary N) is 2. The highest BCUT2D eigenvalue weighted by Gasteiger charge is 2.00. The lowest BCUT2D eigenvalue weighted by atomic mass is 10.1. The third-order valence-electron chi connectivity index (χ3n) is 3.68. The molecule has 0 aliphatic carbocycles. The van der Waals surface area contributed by atoms with Crippen molar-refractivity contribution < 1.29 is 4.79 Å². The van der Waals surface area contributed by atoms with Crippen LogP contribution >= 0.6 is 15.9 Å². The van der Waals surface area contributed by atoms with Crippen molar-refractivity contribution in [3.8, 4) is 0 Å². The molecule has 26 heavy (non-hydrogen) atoms. The van der Waals surface area contributed by atoms with Gasteiger partial charge in [-0.15, -0.1) is 0 Å². The highest BCUT2D eigenvalue weighted by molar-refractivity contribution is 9.12. The van der Waals surface area contributed by atoms with Gasteiger partial charge in [-0.05, 0) is 50.5 Å². The Labute approximate surface area is 160 Å². The molecule has 0 spiro atoms. The molecule has 0 aliphatic heterocycles. The summed E-state index contributed by atoms with van der Waals surface area (Å²) in [6.07, 6.45) is 3.48. The van der Waals surface area contributed by atoms with E-state index in [1.807, 2.05) is 72.8 Å². The molecule has 2 N–H and O–H groups in total. The second kappa shape index (κ2) is 8.97. The minimum Gasteiger partial charge on any atom is -0.376 e. The lowest BCUT2D eigenvalue weighted by Gasteiger charge is -2.06. The number of hydrazone groups is 1. The van der Waals surface area contributed by atoms with Crippen molar-refractivity contribution in [1.82, 2.24) is 5.43 Å². The minimum absolute atomic E-state index is 0.149. The van der Waals surface area contributed by atoms with Gasteiger partial charge in [0.05, 0.1) is 12.8 Å². The number of hydrogen-bond donors (Lipinski definition) is 2. The second-order valence-corrected chi connectivity index (χ2v) is 6.56. The first-order valence-electron chi connectivity index (χ1n) is 8.17. The van der Waals surface area contributed by atoms with Gasteiger partial charge >= 0.3 is 0 Å². The van der Waals surface area contributed by atoms with E-state index in [-0.39, 0.29) is 12.5 Å². The highest BCUT2D eigenvalue weighted by atomic mass is 79.9. The predicted molar refractivity (Wildman–Crippen MR) is 112 cm³/mol. The second-order valence-electron chi connectivity index (χ2n) is 5.65. The molecule has 0 aromatic heterocycles. The molecule has 0 saturated carbocycles. The summed E-state index contributed by atoms with van der Waals surface area (Å²) in [6.45, 7) is 0.149. The molecule has 5 heteroatoms. The molecule has 0 fully saturated rings. The monoisotopic (exact) mass is 407 g/mol. The molecule has 0 saturated heterocycles. The molecule has 3 aromatic rings. The van der Waals surface area contributed by atoms with Crippen molar-refractivity contribution in [2.24, 2.45) is 5.10 Å². The van der Waals surface area contributed by atoms with Crippen LogP contribution in [-0.2, 0) is 4.79 Å². The fraction of sp³-hybridized carbons (Fsp3) is 0.0476. The van der Waals surface area contributed by atoms with Crippen LogP contribution in [0, 0.1) is 0 Å². The van der Waals surface area contributed by atoms with Crippen molar-refractivity contribution in [2.75, 3.05) is 11.9 Å². The zero-order valence-corrected chi connectivity index (χ0v) is 15.6. The van der Waals surface area contributed by atoms with Crippen molar-refractivity contribution >= 4 is 50.6 Å². The van der Waals surface area contributed by atoms with E-state index < -0.39 is 0 Å². The van der Waals surface area contributed by atoms with E-state index in [1.54, 1.807) is 6.21 Å². The first kappa shape index (κ1) is 17.9. The lowest BCUT2D eigenvalue weighted by molar-refractivity contribution is -0.119. The molecule has 130 valence electrons. The van der Waals surface area contributed by atoms with Gasteiger partial charge in [0.15, 0.2) is 0 Å². The first-order valence-corrected chi connectivity index (χ1v) is 8.97. The number of anilines is 1. The normalized spacial score (nSPS) is 11.7. The fourth-order valence-electron chi connectivity index (χ4n) is 2.43. The Kier molecular flexibility index (Phi) is 6.17. The number of rotatable bonds is 6. The van der Waals surface area contributed by atoms with Crippen LogP contribution in [0.5, 0.6) is 0 Å². The van der Waals surface area contributed by atoms with Crippen molar-refractivity contribution in [2.45, 2.75) is 0 Å². The number of hydrogen-bond acceptors (Lipinski definition) is 3. The number of fused-ring (bicyclic) bond motifs is 1. The number of allylic oxidation sites excluding steroid dienone is 1. The van der Waals surface area contributed by atoms with Crippen LogP contribution in [0.1, 0.15) is 5.56 Å². The first-order chi connectivity index (χ1) is 12.7. The number of carbonyl (C=O) groups is 1. The molecular formula is C21H18BrN3O. The minimum atomic E-state index is -0.214. The maximum Gasteiger partial charge on any atom is 0.259 e. The number of amides is 1. The van der Waals surface area contributed by atoms with Gasteiger partial charge in [0.25, 0.3) is 5.91 Å². The molecule has 0 radical (unpaired) electrons. The topological polar surface area (TPSA) is 53.5 Å². The van der Waals surface area contributed by atoms with E-state index in [2.05, 4.69) is 37.8 Å². The summed E-state index contributed by atoms with van der Waals surface area (Å²) >= 11 is 3.41. The van der Waals surface area contributed by atoms with Crippen molar-refractivity contribution in [3.05, 3.63) is 82.8 Å². The van der Waals surface area contributed by atoms with Gasteiger partial charge in [-0.2, -0.15) is 5.10 Å². The summed E-state index contributed by atoms with van der Waals surface area (Å²) in [6, 6.07) is 24.0. The fourth-order valence-corrected chi connectivity index (χ4v) is 2.80.